The Morgan fingerprint density at radius 1 is 1.45 bits per heavy atom. The summed E-state index contributed by atoms with van der Waals surface area (Å²) in [5, 5.41) is 1.59. The minimum atomic E-state index is 0.0655. The molecule has 2 heterocycles. The summed E-state index contributed by atoms with van der Waals surface area (Å²) in [7, 11) is 0. The average molecular weight is 308 g/mol. The molecule has 3 nitrogen and oxygen atoms in total. The molecule has 0 amide bonds. The van der Waals surface area contributed by atoms with E-state index >= 15 is 0 Å². The van der Waals surface area contributed by atoms with E-state index in [9.17, 15) is 4.79 Å². The Bertz CT molecular complexity index is 685. The monoisotopic (exact) mass is 308 g/mol. The number of rotatable bonds is 6. The maximum Gasteiger partial charge on any atom is 0.263 e. The van der Waals surface area contributed by atoms with Crippen LogP contribution in [0.25, 0.3) is 10.2 Å². The van der Waals surface area contributed by atoms with Gasteiger partial charge in [-0.25, -0.2) is 4.98 Å². The van der Waals surface area contributed by atoms with Crippen LogP contribution in [0.3, 0.4) is 0 Å². The van der Waals surface area contributed by atoms with E-state index in [4.69, 9.17) is 4.98 Å². The zero-order chi connectivity index (χ0) is 14.7. The minimum Gasteiger partial charge on any atom is -0.283 e. The van der Waals surface area contributed by atoms with Crippen LogP contribution in [0.5, 0.6) is 0 Å². The van der Waals surface area contributed by atoms with E-state index in [1.807, 2.05) is 13.8 Å². The van der Waals surface area contributed by atoms with Crippen molar-refractivity contribution in [2.24, 2.45) is 0 Å². The first-order chi connectivity index (χ1) is 9.60. The topological polar surface area (TPSA) is 34.9 Å². The number of hydrogen-bond donors (Lipinski definition) is 0. The van der Waals surface area contributed by atoms with Gasteiger partial charge in [-0.2, -0.15) is 0 Å². The second-order valence-corrected chi connectivity index (χ2v) is 7.03. The Morgan fingerprint density at radius 2 is 2.20 bits per heavy atom. The highest BCUT2D eigenvalue weighted by atomic mass is 32.2. The molecule has 0 atom stereocenters. The second kappa shape index (κ2) is 6.59. The van der Waals surface area contributed by atoms with Crippen molar-refractivity contribution in [3.8, 4) is 0 Å². The van der Waals surface area contributed by atoms with Crippen molar-refractivity contribution in [2.45, 2.75) is 45.3 Å². The molecule has 0 spiro atoms. The zero-order valence-corrected chi connectivity index (χ0v) is 13.9. The lowest BCUT2D eigenvalue weighted by atomic mass is 10.2. The normalized spacial score (nSPS) is 11.2. The van der Waals surface area contributed by atoms with Gasteiger partial charge in [0.1, 0.15) is 4.83 Å². The molecule has 0 saturated heterocycles. The molecule has 0 aliphatic rings. The van der Waals surface area contributed by atoms with E-state index in [1.165, 1.54) is 4.88 Å². The van der Waals surface area contributed by atoms with E-state index in [2.05, 4.69) is 13.5 Å². The SMILES string of the molecule is C=CCn1c(SCCCC)nc2sc(C)c(C)c2c1=O. The molecule has 0 N–H and O–H groups in total. The van der Waals surface area contributed by atoms with E-state index in [1.54, 1.807) is 33.7 Å². The number of thioether (sulfide) groups is 1. The fraction of sp³-hybridized carbons (Fsp3) is 0.467. The molecular formula is C15H20N2OS2. The third-order valence-electron chi connectivity index (χ3n) is 3.29. The highest BCUT2D eigenvalue weighted by Gasteiger charge is 2.15. The first-order valence-electron chi connectivity index (χ1n) is 6.84. The molecule has 2 aromatic rings. The van der Waals surface area contributed by atoms with E-state index < -0.39 is 0 Å². The van der Waals surface area contributed by atoms with Crippen molar-refractivity contribution < 1.29 is 0 Å². The van der Waals surface area contributed by atoms with Crippen molar-refractivity contribution in [3.05, 3.63) is 33.4 Å². The van der Waals surface area contributed by atoms with Gasteiger partial charge in [-0.05, 0) is 25.8 Å². The van der Waals surface area contributed by atoms with Gasteiger partial charge >= 0.3 is 0 Å². The lowest BCUT2D eigenvalue weighted by Crippen LogP contribution is -2.22. The van der Waals surface area contributed by atoms with Crippen molar-refractivity contribution in [1.82, 2.24) is 9.55 Å². The fourth-order valence-corrected chi connectivity index (χ4v) is 4.18. The summed E-state index contributed by atoms with van der Waals surface area (Å²) in [4.78, 5) is 19.4. The predicted molar refractivity (Wildman–Crippen MR) is 89.2 cm³/mol. The molecule has 0 radical (unpaired) electrons. The Morgan fingerprint density at radius 3 is 2.85 bits per heavy atom. The molecular weight excluding hydrogens is 288 g/mol. The number of fused-ring (bicyclic) bond motifs is 1. The maximum atomic E-state index is 12.7. The fourth-order valence-electron chi connectivity index (χ4n) is 2.02. The Labute approximate surface area is 127 Å². The number of aryl methyl sites for hydroxylation is 2. The van der Waals surface area contributed by atoms with Crippen molar-refractivity contribution in [1.29, 1.82) is 0 Å². The van der Waals surface area contributed by atoms with Crippen molar-refractivity contribution in [2.75, 3.05) is 5.75 Å². The highest BCUT2D eigenvalue weighted by molar-refractivity contribution is 7.99. The maximum absolute atomic E-state index is 12.7. The number of hydrogen-bond acceptors (Lipinski definition) is 4. The standard InChI is InChI=1S/C15H20N2OS2/c1-5-7-9-19-15-16-13-12(10(3)11(4)20-13)14(18)17(15)8-6-2/h6H,2,5,7-9H2,1,3-4H3. The molecule has 5 heteroatoms. The third-order valence-corrected chi connectivity index (χ3v) is 5.46. The first kappa shape index (κ1) is 15.3. The quantitative estimate of drug-likeness (QED) is 0.348. The molecule has 0 aliphatic carbocycles. The summed E-state index contributed by atoms with van der Waals surface area (Å²) in [6.07, 6.45) is 4.04. The molecule has 2 aromatic heterocycles. The summed E-state index contributed by atoms with van der Waals surface area (Å²) in [5.74, 6) is 0.995. The molecule has 2 rings (SSSR count). The number of nitrogens with zero attached hydrogens (tertiary/aromatic N) is 2. The molecule has 108 valence electrons. The molecule has 0 fully saturated rings. The van der Waals surface area contributed by atoms with Gasteiger partial charge in [0.05, 0.1) is 5.39 Å². The zero-order valence-electron chi connectivity index (χ0n) is 12.2. The van der Waals surface area contributed by atoms with E-state index in [0.29, 0.717) is 6.54 Å². The van der Waals surface area contributed by atoms with Gasteiger partial charge in [0, 0.05) is 17.2 Å². The van der Waals surface area contributed by atoms with E-state index in [0.717, 1.165) is 39.5 Å². The molecule has 0 aromatic carbocycles. The van der Waals surface area contributed by atoms with Crippen LogP contribution in [-0.4, -0.2) is 15.3 Å². The lowest BCUT2D eigenvalue weighted by molar-refractivity contribution is 0.672. The van der Waals surface area contributed by atoms with Crippen LogP contribution in [0.1, 0.15) is 30.2 Å². The predicted octanol–water partition coefficient (Wildman–Crippen LogP) is 4.15. The van der Waals surface area contributed by atoms with Gasteiger partial charge in [0.2, 0.25) is 0 Å². The first-order valence-corrected chi connectivity index (χ1v) is 8.64. The van der Waals surface area contributed by atoms with Gasteiger partial charge < -0.3 is 0 Å². The van der Waals surface area contributed by atoms with Crippen LogP contribution in [0.4, 0.5) is 0 Å². The minimum absolute atomic E-state index is 0.0655. The summed E-state index contributed by atoms with van der Waals surface area (Å²) >= 11 is 3.28. The smallest absolute Gasteiger partial charge is 0.263 e. The summed E-state index contributed by atoms with van der Waals surface area (Å²) in [6.45, 7) is 10.5. The summed E-state index contributed by atoms with van der Waals surface area (Å²) in [5.41, 5.74) is 1.13. The van der Waals surface area contributed by atoms with Gasteiger partial charge in [0.15, 0.2) is 5.16 Å². The highest BCUT2D eigenvalue weighted by Crippen LogP contribution is 2.28. The lowest BCUT2D eigenvalue weighted by Gasteiger charge is -2.09. The van der Waals surface area contributed by atoms with Crippen LogP contribution in [0, 0.1) is 13.8 Å². The number of thiophene rings is 1. The summed E-state index contributed by atoms with van der Waals surface area (Å²) in [6, 6.07) is 0. The third kappa shape index (κ3) is 2.83. The molecule has 0 bridgehead atoms. The molecule has 0 unspecified atom stereocenters. The number of allylic oxidation sites excluding steroid dienone is 1. The van der Waals surface area contributed by atoms with Crippen LogP contribution < -0.4 is 5.56 Å². The van der Waals surface area contributed by atoms with Crippen LogP contribution >= 0.6 is 23.1 Å². The van der Waals surface area contributed by atoms with Crippen LogP contribution in [-0.2, 0) is 6.54 Å². The van der Waals surface area contributed by atoms with Gasteiger partial charge in [0.25, 0.3) is 5.56 Å². The van der Waals surface area contributed by atoms with Gasteiger partial charge in [-0.1, -0.05) is 31.2 Å². The second-order valence-electron chi connectivity index (χ2n) is 4.76. The largest absolute Gasteiger partial charge is 0.283 e. The van der Waals surface area contributed by atoms with E-state index in [-0.39, 0.29) is 5.56 Å². The Kier molecular flexibility index (Phi) is 5.05. The van der Waals surface area contributed by atoms with Gasteiger partial charge in [-0.3, -0.25) is 9.36 Å². The Balaban J connectivity index is 2.57. The number of aromatic nitrogens is 2. The molecule has 20 heavy (non-hydrogen) atoms. The van der Waals surface area contributed by atoms with Crippen LogP contribution in [0.15, 0.2) is 22.6 Å². The van der Waals surface area contributed by atoms with Crippen LogP contribution in [0.2, 0.25) is 0 Å². The number of unbranched alkanes of at least 4 members (excludes halogenated alkanes) is 1. The Hall–Kier alpha value is -1.07. The van der Waals surface area contributed by atoms with Crippen molar-refractivity contribution >= 4 is 33.3 Å². The van der Waals surface area contributed by atoms with Gasteiger partial charge in [-0.15, -0.1) is 17.9 Å². The summed E-state index contributed by atoms with van der Waals surface area (Å²) < 4.78 is 1.74. The van der Waals surface area contributed by atoms with Crippen molar-refractivity contribution in [3.63, 3.8) is 0 Å². The molecule has 0 aliphatic heterocycles. The average Bonchev–Trinajstić information content (AvgIpc) is 2.70. The molecule has 0 saturated carbocycles.